The topological polar surface area (TPSA) is 57.5 Å². The first-order valence-electron chi connectivity index (χ1n) is 3.80. The van der Waals surface area contributed by atoms with Crippen LogP contribution in [0.2, 0.25) is 0 Å². The van der Waals surface area contributed by atoms with Crippen molar-refractivity contribution in [2.75, 3.05) is 0 Å². The predicted molar refractivity (Wildman–Crippen MR) is 41.7 cm³/mol. The summed E-state index contributed by atoms with van der Waals surface area (Å²) in [6, 6.07) is 0. The summed E-state index contributed by atoms with van der Waals surface area (Å²) in [6.45, 7) is 0. The molecule has 0 spiro atoms. The van der Waals surface area contributed by atoms with Crippen LogP contribution in [0.5, 0.6) is 0 Å². The van der Waals surface area contributed by atoms with Crippen molar-refractivity contribution in [1.29, 1.82) is 0 Å². The Labute approximate surface area is 94.3 Å². The molecule has 0 aliphatic rings. The van der Waals surface area contributed by atoms with E-state index in [-0.39, 0.29) is 0 Å². The van der Waals surface area contributed by atoms with Crippen molar-refractivity contribution in [1.82, 2.24) is 0 Å². The quantitative estimate of drug-likeness (QED) is 0.614. The monoisotopic (exact) mass is 290 g/mol. The minimum Gasteiger partial charge on any atom is -0.450 e. The molecular weight excluding hydrogens is 284 g/mol. The number of allylic oxidation sites excluding steroid dienone is 2. The molecule has 18 heavy (non-hydrogen) atoms. The minimum absolute atomic E-state index is 1.83. The van der Waals surface area contributed by atoms with Crippen LogP contribution in [0, 0.1) is 0 Å². The molecule has 0 aromatic rings. The second-order valence-corrected chi connectivity index (χ2v) is 2.40. The SMILES string of the molecule is FC(F)C(=C(C(F)F)C(F)F)C(F)F.O=C(O)O. The van der Waals surface area contributed by atoms with Crippen molar-refractivity contribution in [3.05, 3.63) is 11.1 Å². The fourth-order valence-corrected chi connectivity index (χ4v) is 0.694. The van der Waals surface area contributed by atoms with E-state index in [1.807, 2.05) is 0 Å². The first-order valence-corrected chi connectivity index (χ1v) is 3.80. The Morgan fingerprint density at radius 2 is 0.722 bits per heavy atom. The second-order valence-electron chi connectivity index (χ2n) is 2.40. The van der Waals surface area contributed by atoms with E-state index >= 15 is 0 Å². The molecule has 0 bridgehead atoms. The average Bonchev–Trinajstić information content (AvgIpc) is 2.09. The van der Waals surface area contributed by atoms with Gasteiger partial charge >= 0.3 is 6.16 Å². The zero-order valence-electron chi connectivity index (χ0n) is 8.14. The molecule has 0 unspecified atom stereocenters. The Morgan fingerprint density at radius 1 is 0.611 bits per heavy atom. The van der Waals surface area contributed by atoms with Gasteiger partial charge in [0, 0.05) is 0 Å². The van der Waals surface area contributed by atoms with Gasteiger partial charge in [-0.25, -0.2) is 39.9 Å². The Morgan fingerprint density at radius 3 is 0.778 bits per heavy atom. The number of alkyl halides is 8. The molecule has 0 aliphatic carbocycles. The standard InChI is InChI=1S/C6H4F8.CH2O3/c7-3(8)1(4(9)10)2(5(11)12)6(13)14;2-1(3)4/h3-6H;(H2,2,3,4). The molecule has 0 amide bonds. The third-order valence-corrected chi connectivity index (χ3v) is 1.27. The predicted octanol–water partition coefficient (Wildman–Crippen LogP) is 3.57. The van der Waals surface area contributed by atoms with Gasteiger partial charge in [0.1, 0.15) is 0 Å². The normalized spacial score (nSPS) is 10.7. The number of rotatable bonds is 4. The highest BCUT2D eigenvalue weighted by atomic mass is 19.3. The molecule has 11 heteroatoms. The van der Waals surface area contributed by atoms with Crippen molar-refractivity contribution < 1.29 is 50.1 Å². The van der Waals surface area contributed by atoms with Crippen LogP contribution in [0.1, 0.15) is 0 Å². The Balaban J connectivity index is 0. The van der Waals surface area contributed by atoms with Gasteiger partial charge in [-0.1, -0.05) is 0 Å². The minimum atomic E-state index is -4.02. The lowest BCUT2D eigenvalue weighted by molar-refractivity contribution is 0.0718. The maximum absolute atomic E-state index is 11.7. The number of carbonyl (C=O) groups is 1. The summed E-state index contributed by atoms with van der Waals surface area (Å²) >= 11 is 0. The fraction of sp³-hybridized carbons (Fsp3) is 0.571. The summed E-state index contributed by atoms with van der Waals surface area (Å²) in [5.74, 6) is 0. The van der Waals surface area contributed by atoms with Gasteiger partial charge in [-0.05, 0) is 0 Å². The maximum Gasteiger partial charge on any atom is 0.503 e. The van der Waals surface area contributed by atoms with Gasteiger partial charge in [0.2, 0.25) is 0 Å². The lowest BCUT2D eigenvalue weighted by Gasteiger charge is -2.12. The first kappa shape index (κ1) is 18.8. The van der Waals surface area contributed by atoms with Crippen molar-refractivity contribution in [3.8, 4) is 0 Å². The number of halogens is 8. The van der Waals surface area contributed by atoms with Crippen LogP contribution in [0.4, 0.5) is 39.9 Å². The molecule has 0 saturated carbocycles. The maximum atomic E-state index is 11.7. The highest BCUT2D eigenvalue weighted by molar-refractivity contribution is 5.53. The van der Waals surface area contributed by atoms with Crippen LogP contribution in [0.3, 0.4) is 0 Å². The van der Waals surface area contributed by atoms with E-state index in [2.05, 4.69) is 0 Å². The molecule has 3 nitrogen and oxygen atoms in total. The van der Waals surface area contributed by atoms with Crippen LogP contribution in [0.25, 0.3) is 0 Å². The summed E-state index contributed by atoms with van der Waals surface area (Å²) in [5.41, 5.74) is -4.98. The van der Waals surface area contributed by atoms with Crippen LogP contribution >= 0.6 is 0 Å². The second kappa shape index (κ2) is 8.53. The van der Waals surface area contributed by atoms with E-state index in [1.54, 1.807) is 0 Å². The Bertz CT molecular complexity index is 242. The van der Waals surface area contributed by atoms with Gasteiger partial charge < -0.3 is 10.2 Å². The number of hydrogen-bond donors (Lipinski definition) is 2. The molecule has 0 heterocycles. The lowest BCUT2D eigenvalue weighted by atomic mass is 10.1. The van der Waals surface area contributed by atoms with Gasteiger partial charge in [0.05, 0.1) is 11.1 Å². The van der Waals surface area contributed by atoms with Crippen LogP contribution < -0.4 is 0 Å². The Hall–Kier alpha value is -1.55. The van der Waals surface area contributed by atoms with E-state index < -0.39 is 43.0 Å². The van der Waals surface area contributed by atoms with Crippen molar-refractivity contribution in [2.24, 2.45) is 0 Å². The van der Waals surface area contributed by atoms with Crippen LogP contribution in [-0.2, 0) is 0 Å². The molecule has 0 fully saturated rings. The van der Waals surface area contributed by atoms with E-state index in [1.165, 1.54) is 0 Å². The van der Waals surface area contributed by atoms with Gasteiger partial charge in [0.15, 0.2) is 0 Å². The molecular formula is C7H6F8O3. The first-order chi connectivity index (χ1) is 8.02. The number of hydrogen-bond acceptors (Lipinski definition) is 1. The largest absolute Gasteiger partial charge is 0.503 e. The highest BCUT2D eigenvalue weighted by Crippen LogP contribution is 2.29. The average molecular weight is 290 g/mol. The fourth-order valence-electron chi connectivity index (χ4n) is 0.694. The third-order valence-electron chi connectivity index (χ3n) is 1.27. The van der Waals surface area contributed by atoms with E-state index in [4.69, 9.17) is 15.0 Å². The lowest BCUT2D eigenvalue weighted by Crippen LogP contribution is -2.19. The van der Waals surface area contributed by atoms with Gasteiger partial charge in [-0.15, -0.1) is 0 Å². The highest BCUT2D eigenvalue weighted by Gasteiger charge is 2.34. The van der Waals surface area contributed by atoms with Crippen molar-refractivity contribution >= 4 is 6.16 Å². The molecule has 0 aromatic carbocycles. The Kier molecular flexibility index (Phi) is 8.91. The van der Waals surface area contributed by atoms with Gasteiger partial charge in [0.25, 0.3) is 25.7 Å². The van der Waals surface area contributed by atoms with Crippen LogP contribution in [0.15, 0.2) is 11.1 Å². The molecule has 0 saturated heterocycles. The summed E-state index contributed by atoms with van der Waals surface area (Å²) in [5, 5.41) is 13.9. The zero-order valence-corrected chi connectivity index (χ0v) is 8.14. The molecule has 108 valence electrons. The van der Waals surface area contributed by atoms with Crippen LogP contribution in [-0.4, -0.2) is 42.1 Å². The smallest absolute Gasteiger partial charge is 0.450 e. The molecule has 0 atom stereocenters. The van der Waals surface area contributed by atoms with E-state index in [0.29, 0.717) is 0 Å². The molecule has 0 aromatic heterocycles. The summed E-state index contributed by atoms with van der Waals surface area (Å²) in [4.78, 5) is 8.56. The molecule has 0 aliphatic heterocycles. The number of carboxylic acid groups (broad SMARTS) is 2. The summed E-state index contributed by atoms with van der Waals surface area (Å²) in [6.07, 6.45) is -17.9. The van der Waals surface area contributed by atoms with Gasteiger partial charge in [-0.2, -0.15) is 0 Å². The third kappa shape index (κ3) is 7.68. The summed E-state index contributed by atoms with van der Waals surface area (Å²) < 4.78 is 93.7. The van der Waals surface area contributed by atoms with Crippen molar-refractivity contribution in [2.45, 2.75) is 25.7 Å². The van der Waals surface area contributed by atoms with E-state index in [0.717, 1.165) is 0 Å². The zero-order chi connectivity index (χ0) is 15.0. The van der Waals surface area contributed by atoms with E-state index in [9.17, 15) is 35.1 Å². The molecule has 2 N–H and O–H groups in total. The molecule has 0 radical (unpaired) electrons. The summed E-state index contributed by atoms with van der Waals surface area (Å²) in [7, 11) is 0. The van der Waals surface area contributed by atoms with Gasteiger partial charge in [-0.3, -0.25) is 0 Å². The molecule has 0 rings (SSSR count). The van der Waals surface area contributed by atoms with Crippen molar-refractivity contribution in [3.63, 3.8) is 0 Å².